The van der Waals surface area contributed by atoms with Crippen LogP contribution < -0.4 is 5.32 Å². The Hall–Kier alpha value is -2.06. The highest BCUT2D eigenvalue weighted by Gasteiger charge is 1.99. The van der Waals surface area contributed by atoms with Crippen molar-refractivity contribution in [2.75, 3.05) is 11.2 Å². The van der Waals surface area contributed by atoms with Crippen LogP contribution in [0.2, 0.25) is 0 Å². The summed E-state index contributed by atoms with van der Waals surface area (Å²) in [7, 11) is 0. The van der Waals surface area contributed by atoms with E-state index in [1.54, 1.807) is 0 Å². The lowest BCUT2D eigenvalue weighted by Gasteiger charge is -2.08. The maximum Gasteiger partial charge on any atom is 0.0706 e. The Morgan fingerprint density at radius 1 is 0.905 bits per heavy atom. The van der Waals surface area contributed by atoms with Gasteiger partial charge in [0.2, 0.25) is 0 Å². The number of hydrogen-bond donors (Lipinski definition) is 1. The number of pyridine rings is 1. The number of para-hydroxylation sites is 1. The second-order valence-electron chi connectivity index (χ2n) is 4.98. The normalized spacial score (nSPS) is 10.7. The summed E-state index contributed by atoms with van der Waals surface area (Å²) in [4.78, 5) is 4.66. The van der Waals surface area contributed by atoms with Gasteiger partial charge in [-0.1, -0.05) is 36.4 Å². The number of anilines is 1. The molecule has 3 rings (SSSR count). The first-order chi connectivity index (χ1) is 10.3. The first-order valence-corrected chi connectivity index (χ1v) is 7.62. The van der Waals surface area contributed by atoms with Crippen LogP contribution in [0.15, 0.2) is 60.7 Å². The van der Waals surface area contributed by atoms with Gasteiger partial charge in [0.05, 0.1) is 17.8 Å². The van der Waals surface area contributed by atoms with Gasteiger partial charge in [-0.2, -0.15) is 0 Å². The molecule has 0 unspecified atom stereocenters. The molecular formula is C18H17ClN2. The van der Waals surface area contributed by atoms with Gasteiger partial charge in [0.15, 0.2) is 0 Å². The predicted octanol–water partition coefficient (Wildman–Crippen LogP) is 4.63. The minimum atomic E-state index is 0.661. The molecule has 0 aliphatic rings. The largest absolute Gasteiger partial charge is 0.379 e. The Balaban J connectivity index is 1.68. The molecule has 106 valence electrons. The van der Waals surface area contributed by atoms with Gasteiger partial charge in [-0.3, -0.25) is 4.98 Å². The second kappa shape index (κ2) is 6.59. The average molecular weight is 297 g/mol. The molecule has 2 aromatic carbocycles. The van der Waals surface area contributed by atoms with Crippen molar-refractivity contribution in [1.82, 2.24) is 4.98 Å². The van der Waals surface area contributed by atoms with Gasteiger partial charge >= 0.3 is 0 Å². The summed E-state index contributed by atoms with van der Waals surface area (Å²) >= 11 is 5.74. The molecule has 1 N–H and O–H groups in total. The summed E-state index contributed by atoms with van der Waals surface area (Å²) < 4.78 is 0. The standard InChI is InChI=1S/C18H17ClN2/c19-12-11-14-5-8-16(9-6-14)20-13-17-10-7-15-3-1-2-4-18(15)21-17/h1-10,20H,11-13H2. The highest BCUT2D eigenvalue weighted by molar-refractivity contribution is 6.17. The summed E-state index contributed by atoms with van der Waals surface area (Å²) in [6.07, 6.45) is 0.911. The van der Waals surface area contributed by atoms with E-state index in [0.29, 0.717) is 5.88 Å². The number of benzene rings is 2. The molecule has 1 heterocycles. The summed E-state index contributed by atoms with van der Waals surface area (Å²) in [6.45, 7) is 0.722. The van der Waals surface area contributed by atoms with Gasteiger partial charge in [0, 0.05) is 17.0 Å². The Morgan fingerprint density at radius 2 is 1.71 bits per heavy atom. The van der Waals surface area contributed by atoms with Crippen molar-refractivity contribution in [2.45, 2.75) is 13.0 Å². The van der Waals surface area contributed by atoms with Crippen LogP contribution in [-0.4, -0.2) is 10.9 Å². The number of alkyl halides is 1. The zero-order valence-electron chi connectivity index (χ0n) is 11.7. The van der Waals surface area contributed by atoms with Crippen molar-refractivity contribution in [3.05, 3.63) is 71.9 Å². The summed E-state index contributed by atoms with van der Waals surface area (Å²) in [6, 6.07) is 20.7. The molecule has 1 aromatic heterocycles. The summed E-state index contributed by atoms with van der Waals surface area (Å²) in [5.41, 5.74) is 4.44. The van der Waals surface area contributed by atoms with E-state index < -0.39 is 0 Å². The fourth-order valence-electron chi connectivity index (χ4n) is 2.30. The molecule has 0 saturated heterocycles. The van der Waals surface area contributed by atoms with Crippen LogP contribution in [-0.2, 0) is 13.0 Å². The molecule has 0 amide bonds. The molecule has 0 fully saturated rings. The quantitative estimate of drug-likeness (QED) is 0.694. The fourth-order valence-corrected chi connectivity index (χ4v) is 2.52. The Labute approximate surface area is 129 Å². The topological polar surface area (TPSA) is 24.9 Å². The lowest BCUT2D eigenvalue weighted by atomic mass is 10.1. The molecule has 3 heteroatoms. The number of fused-ring (bicyclic) bond motifs is 1. The smallest absolute Gasteiger partial charge is 0.0706 e. The Morgan fingerprint density at radius 3 is 2.52 bits per heavy atom. The van der Waals surface area contributed by atoms with Gasteiger partial charge in [-0.15, -0.1) is 11.6 Å². The molecule has 0 aliphatic carbocycles. The number of nitrogens with zero attached hydrogens (tertiary/aromatic N) is 1. The number of nitrogens with one attached hydrogen (secondary N) is 1. The van der Waals surface area contributed by atoms with Gasteiger partial charge in [0.25, 0.3) is 0 Å². The Kier molecular flexibility index (Phi) is 4.37. The fraction of sp³-hybridized carbons (Fsp3) is 0.167. The third-order valence-electron chi connectivity index (χ3n) is 3.47. The lowest BCUT2D eigenvalue weighted by Crippen LogP contribution is -2.01. The van der Waals surface area contributed by atoms with E-state index in [-0.39, 0.29) is 0 Å². The van der Waals surface area contributed by atoms with Crippen molar-refractivity contribution in [1.29, 1.82) is 0 Å². The molecule has 0 aliphatic heterocycles. The van der Waals surface area contributed by atoms with Crippen molar-refractivity contribution >= 4 is 28.2 Å². The third kappa shape index (κ3) is 3.53. The van der Waals surface area contributed by atoms with E-state index in [4.69, 9.17) is 11.6 Å². The van der Waals surface area contributed by atoms with Crippen LogP contribution in [0.3, 0.4) is 0 Å². The zero-order valence-corrected chi connectivity index (χ0v) is 12.5. The molecular weight excluding hydrogens is 280 g/mol. The number of hydrogen-bond acceptors (Lipinski definition) is 2. The van der Waals surface area contributed by atoms with Crippen LogP contribution in [0.4, 0.5) is 5.69 Å². The van der Waals surface area contributed by atoms with Gasteiger partial charge in [-0.05, 0) is 36.2 Å². The van der Waals surface area contributed by atoms with E-state index in [9.17, 15) is 0 Å². The number of aromatic nitrogens is 1. The van der Waals surface area contributed by atoms with Crippen molar-refractivity contribution in [3.63, 3.8) is 0 Å². The number of aryl methyl sites for hydroxylation is 1. The summed E-state index contributed by atoms with van der Waals surface area (Å²) in [5.74, 6) is 0.661. The summed E-state index contributed by atoms with van der Waals surface area (Å²) in [5, 5.41) is 4.57. The third-order valence-corrected chi connectivity index (χ3v) is 3.66. The van der Waals surface area contributed by atoms with Crippen molar-refractivity contribution in [3.8, 4) is 0 Å². The maximum absolute atomic E-state index is 5.74. The number of halogens is 1. The number of rotatable bonds is 5. The van der Waals surface area contributed by atoms with E-state index in [1.807, 2.05) is 18.2 Å². The highest BCUT2D eigenvalue weighted by Crippen LogP contribution is 2.14. The van der Waals surface area contributed by atoms with Crippen LogP contribution >= 0.6 is 11.6 Å². The second-order valence-corrected chi connectivity index (χ2v) is 5.36. The molecule has 0 atom stereocenters. The average Bonchev–Trinajstić information content (AvgIpc) is 2.54. The van der Waals surface area contributed by atoms with Gasteiger partial charge in [-0.25, -0.2) is 0 Å². The van der Waals surface area contributed by atoms with E-state index in [0.717, 1.165) is 29.9 Å². The first-order valence-electron chi connectivity index (χ1n) is 7.08. The zero-order chi connectivity index (χ0) is 14.5. The molecule has 0 radical (unpaired) electrons. The lowest BCUT2D eigenvalue weighted by molar-refractivity contribution is 1.06. The molecule has 2 nitrogen and oxygen atoms in total. The minimum Gasteiger partial charge on any atom is -0.379 e. The van der Waals surface area contributed by atoms with Crippen LogP contribution in [0.1, 0.15) is 11.3 Å². The van der Waals surface area contributed by atoms with Crippen LogP contribution in [0.5, 0.6) is 0 Å². The van der Waals surface area contributed by atoms with Crippen LogP contribution in [0, 0.1) is 0 Å². The Bertz CT molecular complexity index is 723. The first kappa shape index (κ1) is 13.9. The maximum atomic E-state index is 5.74. The van der Waals surface area contributed by atoms with Gasteiger partial charge < -0.3 is 5.32 Å². The molecule has 21 heavy (non-hydrogen) atoms. The van der Waals surface area contributed by atoms with Crippen molar-refractivity contribution in [2.24, 2.45) is 0 Å². The highest BCUT2D eigenvalue weighted by atomic mass is 35.5. The minimum absolute atomic E-state index is 0.661. The molecule has 0 saturated carbocycles. The molecule has 0 bridgehead atoms. The van der Waals surface area contributed by atoms with Crippen molar-refractivity contribution < 1.29 is 0 Å². The predicted molar refractivity (Wildman–Crippen MR) is 89.9 cm³/mol. The van der Waals surface area contributed by atoms with Crippen LogP contribution in [0.25, 0.3) is 10.9 Å². The van der Waals surface area contributed by atoms with E-state index >= 15 is 0 Å². The SMILES string of the molecule is ClCCc1ccc(NCc2ccc3ccccc3n2)cc1. The monoisotopic (exact) mass is 296 g/mol. The van der Waals surface area contributed by atoms with E-state index in [1.165, 1.54) is 10.9 Å². The molecule has 0 spiro atoms. The van der Waals surface area contributed by atoms with E-state index in [2.05, 4.69) is 52.8 Å². The van der Waals surface area contributed by atoms with Gasteiger partial charge in [0.1, 0.15) is 0 Å². The molecule has 3 aromatic rings.